The summed E-state index contributed by atoms with van der Waals surface area (Å²) in [6.45, 7) is 0. The summed E-state index contributed by atoms with van der Waals surface area (Å²) < 4.78 is 11.5. The van der Waals surface area contributed by atoms with E-state index in [1.165, 1.54) is 0 Å². The number of furan rings is 1. The largest absolute Gasteiger partial charge is 0.463 e. The molecule has 30 heavy (non-hydrogen) atoms. The zero-order valence-electron chi connectivity index (χ0n) is 15.6. The summed E-state index contributed by atoms with van der Waals surface area (Å²) in [5.41, 5.74) is 8.88. The molecular formula is C23H15ClN4O2. The summed E-state index contributed by atoms with van der Waals surface area (Å²) in [5, 5.41) is 1.52. The van der Waals surface area contributed by atoms with Crippen LogP contribution in [0.4, 0.5) is 5.95 Å². The number of anilines is 1. The van der Waals surface area contributed by atoms with Gasteiger partial charge >= 0.3 is 0 Å². The van der Waals surface area contributed by atoms with Gasteiger partial charge in [-0.05, 0) is 66.7 Å². The van der Waals surface area contributed by atoms with Crippen molar-refractivity contribution in [1.29, 1.82) is 0 Å². The van der Waals surface area contributed by atoms with Gasteiger partial charge in [0.25, 0.3) is 0 Å². The molecule has 0 bridgehead atoms. The maximum atomic E-state index is 6.07. The third-order valence-corrected chi connectivity index (χ3v) is 4.79. The summed E-state index contributed by atoms with van der Waals surface area (Å²) in [4.78, 5) is 12.9. The number of aromatic nitrogens is 3. The Morgan fingerprint density at radius 2 is 1.73 bits per heavy atom. The van der Waals surface area contributed by atoms with Crippen LogP contribution in [-0.2, 0) is 0 Å². The Kier molecular flexibility index (Phi) is 4.53. The molecule has 5 rings (SSSR count). The molecule has 146 valence electrons. The number of nitrogens with zero attached hydrogens (tertiary/aromatic N) is 3. The Labute approximate surface area is 176 Å². The van der Waals surface area contributed by atoms with E-state index in [-0.39, 0.29) is 5.95 Å². The number of rotatable bonds is 4. The van der Waals surface area contributed by atoms with E-state index in [4.69, 9.17) is 26.5 Å². The van der Waals surface area contributed by atoms with E-state index in [0.29, 0.717) is 33.7 Å². The molecule has 5 aromatic rings. The van der Waals surface area contributed by atoms with Crippen LogP contribution in [0.15, 0.2) is 83.6 Å². The van der Waals surface area contributed by atoms with E-state index in [0.717, 1.165) is 16.5 Å². The first-order valence-corrected chi connectivity index (χ1v) is 9.54. The molecule has 0 radical (unpaired) electrons. The minimum absolute atomic E-state index is 0.182. The molecule has 3 aromatic heterocycles. The van der Waals surface area contributed by atoms with Gasteiger partial charge in [0, 0.05) is 22.2 Å². The van der Waals surface area contributed by atoms with Crippen molar-refractivity contribution in [2.75, 3.05) is 5.73 Å². The molecule has 2 aromatic carbocycles. The average Bonchev–Trinajstić information content (AvgIpc) is 3.29. The van der Waals surface area contributed by atoms with Gasteiger partial charge in [0.05, 0.1) is 17.5 Å². The number of hydrogen-bond acceptors (Lipinski definition) is 6. The SMILES string of the molecule is Nc1nc(-c2ccc(Oc3ccnc4cc(Cl)ccc34)cc2)cc(-c2ccco2)n1. The van der Waals surface area contributed by atoms with E-state index in [1.807, 2.05) is 60.7 Å². The lowest BCUT2D eigenvalue weighted by atomic mass is 10.1. The van der Waals surface area contributed by atoms with E-state index < -0.39 is 0 Å². The first-order valence-electron chi connectivity index (χ1n) is 9.17. The highest BCUT2D eigenvalue weighted by Gasteiger charge is 2.10. The molecule has 0 aliphatic carbocycles. The van der Waals surface area contributed by atoms with Crippen molar-refractivity contribution in [3.63, 3.8) is 0 Å². The molecule has 3 heterocycles. The summed E-state index contributed by atoms with van der Waals surface area (Å²) in [5.74, 6) is 2.21. The number of hydrogen-bond donors (Lipinski definition) is 1. The highest BCUT2D eigenvalue weighted by molar-refractivity contribution is 6.31. The van der Waals surface area contributed by atoms with Crippen LogP contribution >= 0.6 is 11.6 Å². The molecule has 0 saturated heterocycles. The predicted molar refractivity (Wildman–Crippen MR) is 116 cm³/mol. The number of halogens is 1. The van der Waals surface area contributed by atoms with Crippen molar-refractivity contribution >= 4 is 28.5 Å². The molecule has 0 atom stereocenters. The fourth-order valence-corrected chi connectivity index (χ4v) is 3.34. The second kappa shape index (κ2) is 7.50. The topological polar surface area (TPSA) is 87.1 Å². The van der Waals surface area contributed by atoms with Gasteiger partial charge in [0.2, 0.25) is 5.95 Å². The molecule has 0 unspecified atom stereocenters. The normalized spacial score (nSPS) is 11.0. The van der Waals surface area contributed by atoms with Gasteiger partial charge in [0.15, 0.2) is 5.76 Å². The minimum atomic E-state index is 0.182. The van der Waals surface area contributed by atoms with Crippen LogP contribution in [0.1, 0.15) is 0 Å². The Morgan fingerprint density at radius 1 is 0.900 bits per heavy atom. The summed E-state index contributed by atoms with van der Waals surface area (Å²) >= 11 is 6.06. The van der Waals surface area contributed by atoms with Crippen LogP contribution in [0.3, 0.4) is 0 Å². The number of benzene rings is 2. The monoisotopic (exact) mass is 414 g/mol. The Bertz CT molecular complexity index is 1340. The number of ether oxygens (including phenoxy) is 1. The highest BCUT2D eigenvalue weighted by atomic mass is 35.5. The number of nitrogens with two attached hydrogens (primary N) is 1. The zero-order chi connectivity index (χ0) is 20.5. The second-order valence-electron chi connectivity index (χ2n) is 6.57. The molecule has 0 spiro atoms. The molecule has 0 aliphatic heterocycles. The van der Waals surface area contributed by atoms with Crippen molar-refractivity contribution < 1.29 is 9.15 Å². The summed E-state index contributed by atoms with van der Waals surface area (Å²) in [6, 6.07) is 20.4. The van der Waals surface area contributed by atoms with Crippen molar-refractivity contribution in [3.05, 3.63) is 84.2 Å². The fraction of sp³-hybridized carbons (Fsp3) is 0. The molecule has 2 N–H and O–H groups in total. The summed E-state index contributed by atoms with van der Waals surface area (Å²) in [6.07, 6.45) is 3.29. The van der Waals surface area contributed by atoms with Crippen LogP contribution in [0, 0.1) is 0 Å². The van der Waals surface area contributed by atoms with Crippen molar-refractivity contribution in [1.82, 2.24) is 15.0 Å². The van der Waals surface area contributed by atoms with Gasteiger partial charge in [-0.15, -0.1) is 0 Å². The average molecular weight is 415 g/mol. The first kappa shape index (κ1) is 18.1. The van der Waals surface area contributed by atoms with Crippen LogP contribution in [0.25, 0.3) is 33.6 Å². The van der Waals surface area contributed by atoms with Crippen LogP contribution < -0.4 is 10.5 Å². The quantitative estimate of drug-likeness (QED) is 0.389. The molecule has 0 amide bonds. The Hall–Kier alpha value is -3.90. The van der Waals surface area contributed by atoms with E-state index in [9.17, 15) is 0 Å². The molecular weight excluding hydrogens is 400 g/mol. The predicted octanol–water partition coefficient (Wildman–Crippen LogP) is 5.98. The Morgan fingerprint density at radius 3 is 2.53 bits per heavy atom. The van der Waals surface area contributed by atoms with Gasteiger partial charge in [-0.1, -0.05) is 11.6 Å². The number of fused-ring (bicyclic) bond motifs is 1. The van der Waals surface area contributed by atoms with Crippen LogP contribution in [0.2, 0.25) is 5.02 Å². The van der Waals surface area contributed by atoms with Crippen LogP contribution in [-0.4, -0.2) is 15.0 Å². The lowest BCUT2D eigenvalue weighted by Crippen LogP contribution is -1.98. The second-order valence-corrected chi connectivity index (χ2v) is 7.01. The number of pyridine rings is 1. The lowest BCUT2D eigenvalue weighted by Gasteiger charge is -2.10. The lowest BCUT2D eigenvalue weighted by molar-refractivity contribution is 0.488. The standard InChI is InChI=1S/C23H15ClN4O2/c24-15-5-8-17-19(12-15)26-10-9-21(17)30-16-6-3-14(4-7-16)18-13-20(28-23(25)27-18)22-2-1-11-29-22/h1-13H,(H2,25,27,28). The molecule has 6 nitrogen and oxygen atoms in total. The maximum Gasteiger partial charge on any atom is 0.221 e. The van der Waals surface area contributed by atoms with Gasteiger partial charge < -0.3 is 14.9 Å². The Balaban J connectivity index is 1.44. The smallest absolute Gasteiger partial charge is 0.221 e. The van der Waals surface area contributed by atoms with E-state index >= 15 is 0 Å². The van der Waals surface area contributed by atoms with Gasteiger partial charge in [0.1, 0.15) is 17.2 Å². The first-order chi connectivity index (χ1) is 14.7. The number of nitrogen functional groups attached to an aromatic ring is 1. The van der Waals surface area contributed by atoms with E-state index in [1.54, 1.807) is 18.5 Å². The van der Waals surface area contributed by atoms with Gasteiger partial charge in [-0.25, -0.2) is 9.97 Å². The maximum absolute atomic E-state index is 6.07. The molecule has 7 heteroatoms. The highest BCUT2D eigenvalue weighted by Crippen LogP contribution is 2.32. The summed E-state index contributed by atoms with van der Waals surface area (Å²) in [7, 11) is 0. The third kappa shape index (κ3) is 3.56. The third-order valence-electron chi connectivity index (χ3n) is 4.56. The molecule has 0 saturated carbocycles. The minimum Gasteiger partial charge on any atom is -0.463 e. The van der Waals surface area contributed by atoms with E-state index in [2.05, 4.69) is 15.0 Å². The van der Waals surface area contributed by atoms with Crippen molar-refractivity contribution in [2.24, 2.45) is 0 Å². The fourth-order valence-electron chi connectivity index (χ4n) is 3.17. The van der Waals surface area contributed by atoms with Gasteiger partial charge in [-0.3, -0.25) is 4.98 Å². The zero-order valence-corrected chi connectivity index (χ0v) is 16.4. The van der Waals surface area contributed by atoms with Crippen molar-refractivity contribution in [3.8, 4) is 34.2 Å². The van der Waals surface area contributed by atoms with Gasteiger partial charge in [-0.2, -0.15) is 0 Å². The molecule has 0 fully saturated rings. The van der Waals surface area contributed by atoms with Crippen LogP contribution in [0.5, 0.6) is 11.5 Å². The van der Waals surface area contributed by atoms with Crippen molar-refractivity contribution in [2.45, 2.75) is 0 Å². The molecule has 0 aliphatic rings.